The Balaban J connectivity index is 0.00000233. The minimum atomic E-state index is -2.99. The summed E-state index contributed by atoms with van der Waals surface area (Å²) in [7, 11) is 0. The molecule has 0 spiro atoms. The number of halogens is 2. The molecule has 286 valence electrons. The second-order valence-electron chi connectivity index (χ2n) is 20.2. The maximum Gasteiger partial charge on any atom is -1.00 e. The van der Waals surface area contributed by atoms with Crippen LogP contribution < -0.4 is 28.1 Å². The molecule has 55 heavy (non-hydrogen) atoms. The number of fused-ring (bicyclic) bond motifs is 3. The monoisotopic (exact) mass is 844 g/mol. The summed E-state index contributed by atoms with van der Waals surface area (Å²) in [6, 6.07) is 35.7. The quantitative estimate of drug-likeness (QED) is 0.176. The fourth-order valence-corrected chi connectivity index (χ4v) is 22.2. The van der Waals surface area contributed by atoms with Crippen LogP contribution in [-0.2, 0) is 38.5 Å². The predicted molar refractivity (Wildman–Crippen MR) is 223 cm³/mol. The number of benzene rings is 4. The van der Waals surface area contributed by atoms with Gasteiger partial charge in [0.25, 0.3) is 0 Å². The first-order valence-electron chi connectivity index (χ1n) is 20.9. The molecule has 3 heteroatoms. The summed E-state index contributed by atoms with van der Waals surface area (Å²) >= 11 is -2.99. The molecular weight excluding hydrogens is 787 g/mol. The van der Waals surface area contributed by atoms with Crippen molar-refractivity contribution >= 4 is 6.48 Å². The third-order valence-corrected chi connectivity index (χ3v) is 22.8. The van der Waals surface area contributed by atoms with Gasteiger partial charge in [0.2, 0.25) is 0 Å². The van der Waals surface area contributed by atoms with Gasteiger partial charge < -0.3 is 24.8 Å². The van der Waals surface area contributed by atoms with Crippen molar-refractivity contribution in [2.45, 2.75) is 118 Å². The van der Waals surface area contributed by atoms with E-state index in [9.17, 15) is 0 Å². The Morgan fingerprint density at radius 1 is 0.691 bits per heavy atom. The van der Waals surface area contributed by atoms with E-state index in [1.54, 1.807) is 28.8 Å². The summed E-state index contributed by atoms with van der Waals surface area (Å²) in [5.41, 5.74) is 16.1. The van der Waals surface area contributed by atoms with Crippen LogP contribution in [0.3, 0.4) is 0 Å². The van der Waals surface area contributed by atoms with E-state index in [-0.39, 0.29) is 35.6 Å². The largest absolute Gasteiger partial charge is 1.00 e. The molecular formula is C52H60Cl2Zr. The van der Waals surface area contributed by atoms with Gasteiger partial charge in [-0.1, -0.05) is 0 Å². The van der Waals surface area contributed by atoms with Gasteiger partial charge in [-0.3, -0.25) is 0 Å². The Kier molecular flexibility index (Phi) is 11.2. The Hall–Kier alpha value is -2.31. The Labute approximate surface area is 352 Å². The van der Waals surface area contributed by atoms with Crippen molar-refractivity contribution in [1.29, 1.82) is 0 Å². The van der Waals surface area contributed by atoms with Crippen molar-refractivity contribution < 1.29 is 46.1 Å². The minimum Gasteiger partial charge on any atom is -1.00 e. The average molecular weight is 847 g/mol. The molecule has 6 aliphatic rings. The van der Waals surface area contributed by atoms with Gasteiger partial charge in [-0.2, -0.15) is 0 Å². The van der Waals surface area contributed by atoms with E-state index in [4.69, 9.17) is 0 Å². The van der Waals surface area contributed by atoms with E-state index in [1.165, 1.54) is 78.3 Å². The smallest absolute Gasteiger partial charge is 1.00 e. The maximum atomic E-state index is 2.78. The van der Waals surface area contributed by atoms with Crippen molar-refractivity contribution in [3.63, 3.8) is 0 Å². The number of hydrogen-bond donors (Lipinski definition) is 0. The summed E-state index contributed by atoms with van der Waals surface area (Å²) in [6.45, 7) is 19.6. The Morgan fingerprint density at radius 3 is 1.76 bits per heavy atom. The molecule has 0 saturated heterocycles. The van der Waals surface area contributed by atoms with Crippen LogP contribution in [0.1, 0.15) is 134 Å². The molecule has 4 bridgehead atoms. The first-order valence-corrected chi connectivity index (χ1v) is 24.5. The molecule has 6 aliphatic carbocycles. The van der Waals surface area contributed by atoms with Crippen molar-refractivity contribution in [1.82, 2.24) is 0 Å². The van der Waals surface area contributed by atoms with Crippen LogP contribution in [0.25, 0.3) is 11.1 Å². The van der Waals surface area contributed by atoms with Crippen LogP contribution in [-0.4, -0.2) is 3.21 Å². The number of allylic oxidation sites excluding steroid dienone is 4. The van der Waals surface area contributed by atoms with E-state index in [2.05, 4.69) is 152 Å². The third-order valence-electron chi connectivity index (χ3n) is 14.2. The van der Waals surface area contributed by atoms with Gasteiger partial charge in [-0.05, 0) is 0 Å². The normalized spacial score (nSPS) is 24.7. The van der Waals surface area contributed by atoms with Crippen LogP contribution in [0.4, 0.5) is 0 Å². The second-order valence-corrected chi connectivity index (χ2v) is 25.8. The molecule has 4 saturated carbocycles. The molecule has 10 rings (SSSR count). The number of hydrogen-bond acceptors (Lipinski definition) is 0. The molecule has 0 N–H and O–H groups in total. The van der Waals surface area contributed by atoms with E-state index < -0.39 is 21.3 Å². The van der Waals surface area contributed by atoms with Crippen molar-refractivity contribution in [2.75, 3.05) is 0 Å². The first-order chi connectivity index (χ1) is 25.3. The standard InChI is InChI=1S/C21H25.C18H25.C13H10.2ClH.Zr/c1-20(2,3)16-7-9-18-14(12-16)11-15-13-17(21(4,5)6)8-10-19(15)18;1-12-3-13(2)17(4-12)11-18-8-14-5-15(9-18)7-16(6-14)10-18;1-3-7-12(8-4-1)11-13-9-5-2-6-10-13;;;/h7-10,12H,11H2,1-6H3;4,12,14-16H,5-11H2,1-2H3;1-10H;2*1H;/q;;;;;+2/p-2. The molecule has 0 amide bonds. The second kappa shape index (κ2) is 15.1. The molecule has 0 aromatic heterocycles. The van der Waals surface area contributed by atoms with Gasteiger partial charge in [0.05, 0.1) is 0 Å². The SMILES string of the molecule is CC1=[C]([Zr+2](=[C](c2ccccc2)c2ccccc2)[c]2c(C(C)(C)C)ccc3c2Cc2cc(C(C)(C)C)ccc2-3)C(C)C=C1CC12CC3CC(CC(C3)C1)C2.[Cl-].[Cl-]. The molecule has 0 heterocycles. The Morgan fingerprint density at radius 2 is 1.24 bits per heavy atom. The zero-order chi connectivity index (χ0) is 36.9. The van der Waals surface area contributed by atoms with Crippen LogP contribution in [0, 0.1) is 29.1 Å². The van der Waals surface area contributed by atoms with Gasteiger partial charge >= 0.3 is 330 Å². The van der Waals surface area contributed by atoms with Gasteiger partial charge in [-0.15, -0.1) is 0 Å². The van der Waals surface area contributed by atoms with E-state index in [1.807, 2.05) is 3.28 Å². The van der Waals surface area contributed by atoms with Crippen molar-refractivity contribution in [2.24, 2.45) is 29.1 Å². The van der Waals surface area contributed by atoms with E-state index in [0.29, 0.717) is 11.3 Å². The summed E-state index contributed by atoms with van der Waals surface area (Å²) in [5.74, 6) is 3.45. The van der Waals surface area contributed by atoms with Crippen molar-refractivity contribution in [3.05, 3.63) is 145 Å². The van der Waals surface area contributed by atoms with Crippen LogP contribution in [0.15, 0.2) is 111 Å². The molecule has 0 radical (unpaired) electrons. The maximum absolute atomic E-state index is 2.99. The molecule has 4 aromatic rings. The molecule has 0 aliphatic heterocycles. The first kappa shape index (κ1) is 40.9. The van der Waals surface area contributed by atoms with E-state index >= 15 is 0 Å². The molecule has 4 aromatic carbocycles. The van der Waals surface area contributed by atoms with E-state index in [0.717, 1.165) is 24.2 Å². The van der Waals surface area contributed by atoms with Crippen LogP contribution in [0.2, 0.25) is 0 Å². The van der Waals surface area contributed by atoms with Gasteiger partial charge in [0, 0.05) is 0 Å². The summed E-state index contributed by atoms with van der Waals surface area (Å²) < 4.78 is 5.25. The summed E-state index contributed by atoms with van der Waals surface area (Å²) in [5, 5.41) is 0. The minimum absolute atomic E-state index is 0. The summed E-state index contributed by atoms with van der Waals surface area (Å²) in [4.78, 5) is 0. The topological polar surface area (TPSA) is 0 Å². The summed E-state index contributed by atoms with van der Waals surface area (Å²) in [6.07, 6.45) is 14.2. The fourth-order valence-electron chi connectivity index (χ4n) is 12.3. The molecule has 1 unspecified atom stereocenters. The Bertz CT molecular complexity index is 2110. The van der Waals surface area contributed by atoms with Gasteiger partial charge in [0.1, 0.15) is 0 Å². The fraction of sp³-hybridized carbons (Fsp3) is 0.442. The third kappa shape index (κ3) is 7.36. The van der Waals surface area contributed by atoms with Crippen molar-refractivity contribution in [3.8, 4) is 11.1 Å². The zero-order valence-corrected chi connectivity index (χ0v) is 38.4. The molecule has 0 nitrogen and oxygen atoms in total. The average Bonchev–Trinajstić information content (AvgIpc) is 3.61. The molecule has 1 atom stereocenters. The van der Waals surface area contributed by atoms with Gasteiger partial charge in [0.15, 0.2) is 0 Å². The predicted octanol–water partition coefficient (Wildman–Crippen LogP) is 6.83. The molecule has 4 fully saturated rings. The number of rotatable bonds is 6. The van der Waals surface area contributed by atoms with Gasteiger partial charge in [-0.25, -0.2) is 0 Å². The zero-order valence-electron chi connectivity index (χ0n) is 34.5. The van der Waals surface area contributed by atoms with Crippen LogP contribution >= 0.6 is 0 Å². The van der Waals surface area contributed by atoms with Crippen LogP contribution in [0.5, 0.6) is 0 Å².